The Balaban J connectivity index is 1.71. The van der Waals surface area contributed by atoms with E-state index in [0.717, 1.165) is 55.1 Å². The van der Waals surface area contributed by atoms with Crippen LogP contribution in [0.25, 0.3) is 0 Å². The number of rotatable bonds is 4. The van der Waals surface area contributed by atoms with E-state index in [1.165, 1.54) is 0 Å². The molecule has 1 aliphatic heterocycles. The van der Waals surface area contributed by atoms with Crippen molar-refractivity contribution in [1.29, 1.82) is 0 Å². The minimum Gasteiger partial charge on any atom is -0.490 e. The lowest BCUT2D eigenvalue weighted by molar-refractivity contribution is 0.338. The molecule has 1 fully saturated rings. The number of piperazine rings is 1. The molecule has 0 aliphatic carbocycles. The van der Waals surface area contributed by atoms with Crippen LogP contribution in [-0.2, 0) is 0 Å². The van der Waals surface area contributed by atoms with Crippen LogP contribution in [0.15, 0.2) is 24.4 Å². The molecule has 3 rings (SSSR count). The quantitative estimate of drug-likeness (QED) is 0.862. The Morgan fingerprint density at radius 1 is 1.04 bits per heavy atom. The van der Waals surface area contributed by atoms with Gasteiger partial charge in [0.25, 0.3) is 0 Å². The summed E-state index contributed by atoms with van der Waals surface area (Å²) in [5.74, 6) is 2.61. The van der Waals surface area contributed by atoms with Crippen molar-refractivity contribution in [2.45, 2.75) is 20.8 Å². The van der Waals surface area contributed by atoms with Gasteiger partial charge in [-0.1, -0.05) is 0 Å². The fourth-order valence-corrected chi connectivity index (χ4v) is 2.85. The fraction of sp³-hybridized carbons (Fsp3) is 0.471. The van der Waals surface area contributed by atoms with Gasteiger partial charge in [0.05, 0.1) is 6.61 Å². The molecule has 122 valence electrons. The highest BCUT2D eigenvalue weighted by atomic mass is 16.5. The summed E-state index contributed by atoms with van der Waals surface area (Å²) in [6, 6.07) is 5.89. The van der Waals surface area contributed by atoms with Gasteiger partial charge in [-0.25, -0.2) is 15.0 Å². The lowest BCUT2D eigenvalue weighted by Gasteiger charge is -2.36. The number of aryl methyl sites for hydroxylation is 2. The fourth-order valence-electron chi connectivity index (χ4n) is 2.85. The van der Waals surface area contributed by atoms with Crippen molar-refractivity contribution >= 4 is 11.8 Å². The number of pyridine rings is 1. The Labute approximate surface area is 137 Å². The summed E-state index contributed by atoms with van der Waals surface area (Å²) in [6.45, 7) is 10.2. The lowest BCUT2D eigenvalue weighted by atomic mass is 10.3. The SMILES string of the molecule is CCOc1cccnc1N1CCN(c2nc(C)cc(C)n2)CC1. The second kappa shape index (κ2) is 6.81. The maximum absolute atomic E-state index is 5.69. The van der Waals surface area contributed by atoms with Crippen molar-refractivity contribution in [1.82, 2.24) is 15.0 Å². The van der Waals surface area contributed by atoms with Gasteiger partial charge in [0.1, 0.15) is 0 Å². The van der Waals surface area contributed by atoms with Gasteiger partial charge in [-0.05, 0) is 39.0 Å². The van der Waals surface area contributed by atoms with Crippen LogP contribution >= 0.6 is 0 Å². The first-order valence-electron chi connectivity index (χ1n) is 8.07. The average molecular weight is 313 g/mol. The second-order valence-corrected chi connectivity index (χ2v) is 5.68. The summed E-state index contributed by atoms with van der Waals surface area (Å²) in [5.41, 5.74) is 2.02. The van der Waals surface area contributed by atoms with Gasteiger partial charge < -0.3 is 14.5 Å². The van der Waals surface area contributed by atoms with E-state index < -0.39 is 0 Å². The average Bonchev–Trinajstić information content (AvgIpc) is 2.55. The lowest BCUT2D eigenvalue weighted by Crippen LogP contribution is -2.47. The molecule has 0 amide bonds. The maximum Gasteiger partial charge on any atom is 0.225 e. The van der Waals surface area contributed by atoms with Crippen LogP contribution in [0, 0.1) is 13.8 Å². The van der Waals surface area contributed by atoms with Gasteiger partial charge in [0, 0.05) is 43.8 Å². The molecule has 0 N–H and O–H groups in total. The van der Waals surface area contributed by atoms with Crippen LogP contribution in [0.5, 0.6) is 5.75 Å². The largest absolute Gasteiger partial charge is 0.490 e. The number of aromatic nitrogens is 3. The Morgan fingerprint density at radius 3 is 2.35 bits per heavy atom. The molecule has 23 heavy (non-hydrogen) atoms. The zero-order valence-corrected chi connectivity index (χ0v) is 14.0. The molecule has 0 spiro atoms. The molecule has 0 saturated carbocycles. The summed E-state index contributed by atoms with van der Waals surface area (Å²) in [4.78, 5) is 18.1. The van der Waals surface area contributed by atoms with E-state index in [4.69, 9.17) is 4.74 Å². The van der Waals surface area contributed by atoms with E-state index in [9.17, 15) is 0 Å². The molecule has 6 heteroatoms. The zero-order chi connectivity index (χ0) is 16.2. The molecular weight excluding hydrogens is 290 g/mol. The summed E-state index contributed by atoms with van der Waals surface area (Å²) in [5, 5.41) is 0. The smallest absolute Gasteiger partial charge is 0.225 e. The first-order valence-corrected chi connectivity index (χ1v) is 8.07. The van der Waals surface area contributed by atoms with E-state index in [-0.39, 0.29) is 0 Å². The minimum absolute atomic E-state index is 0.648. The van der Waals surface area contributed by atoms with Crippen molar-refractivity contribution in [3.8, 4) is 5.75 Å². The third-order valence-electron chi connectivity index (χ3n) is 3.88. The van der Waals surface area contributed by atoms with E-state index >= 15 is 0 Å². The summed E-state index contributed by atoms with van der Waals surface area (Å²) in [7, 11) is 0. The van der Waals surface area contributed by atoms with Gasteiger partial charge in [0.15, 0.2) is 11.6 Å². The van der Waals surface area contributed by atoms with Crippen molar-refractivity contribution < 1.29 is 4.74 Å². The predicted molar refractivity (Wildman–Crippen MR) is 91.3 cm³/mol. The first-order chi connectivity index (χ1) is 11.2. The van der Waals surface area contributed by atoms with Crippen LogP contribution in [0.3, 0.4) is 0 Å². The molecule has 0 atom stereocenters. The first kappa shape index (κ1) is 15.5. The molecule has 2 aromatic heterocycles. The Morgan fingerprint density at radius 2 is 1.70 bits per heavy atom. The van der Waals surface area contributed by atoms with Gasteiger partial charge in [-0.2, -0.15) is 0 Å². The van der Waals surface area contributed by atoms with Crippen LogP contribution in [-0.4, -0.2) is 47.7 Å². The molecule has 1 saturated heterocycles. The Hall–Kier alpha value is -2.37. The highest BCUT2D eigenvalue weighted by Crippen LogP contribution is 2.26. The third-order valence-corrected chi connectivity index (χ3v) is 3.88. The van der Waals surface area contributed by atoms with Crippen molar-refractivity contribution in [3.05, 3.63) is 35.8 Å². The van der Waals surface area contributed by atoms with Gasteiger partial charge in [0.2, 0.25) is 5.95 Å². The molecular formula is C17H23N5O. The molecule has 0 aromatic carbocycles. The van der Waals surface area contributed by atoms with Gasteiger partial charge in [-0.15, -0.1) is 0 Å². The number of ether oxygens (including phenoxy) is 1. The minimum atomic E-state index is 0.648. The second-order valence-electron chi connectivity index (χ2n) is 5.68. The Bertz CT molecular complexity index is 648. The highest BCUT2D eigenvalue weighted by Gasteiger charge is 2.22. The van der Waals surface area contributed by atoms with Gasteiger partial charge >= 0.3 is 0 Å². The summed E-state index contributed by atoms with van der Waals surface area (Å²) < 4.78 is 5.69. The topological polar surface area (TPSA) is 54.4 Å². The van der Waals surface area contributed by atoms with Gasteiger partial charge in [-0.3, -0.25) is 0 Å². The molecule has 0 bridgehead atoms. The molecule has 0 unspecified atom stereocenters. The zero-order valence-electron chi connectivity index (χ0n) is 14.0. The molecule has 2 aromatic rings. The van der Waals surface area contributed by atoms with Crippen molar-refractivity contribution in [2.75, 3.05) is 42.6 Å². The van der Waals surface area contributed by atoms with Crippen molar-refractivity contribution in [3.63, 3.8) is 0 Å². The maximum atomic E-state index is 5.69. The van der Waals surface area contributed by atoms with E-state index in [2.05, 4.69) is 24.8 Å². The molecule has 1 aliphatic rings. The summed E-state index contributed by atoms with van der Waals surface area (Å²) >= 11 is 0. The van der Waals surface area contributed by atoms with Crippen LogP contribution in [0.2, 0.25) is 0 Å². The number of nitrogens with zero attached hydrogens (tertiary/aromatic N) is 5. The van der Waals surface area contributed by atoms with Crippen LogP contribution in [0.4, 0.5) is 11.8 Å². The molecule has 6 nitrogen and oxygen atoms in total. The normalized spacial score (nSPS) is 14.9. The number of hydrogen-bond acceptors (Lipinski definition) is 6. The standard InChI is InChI=1S/C17H23N5O/c1-4-23-15-6-5-7-18-16(15)21-8-10-22(11-9-21)17-19-13(2)12-14(3)20-17/h5-7,12H,4,8-11H2,1-3H3. The number of anilines is 2. The summed E-state index contributed by atoms with van der Waals surface area (Å²) in [6.07, 6.45) is 1.82. The monoisotopic (exact) mass is 313 g/mol. The Kier molecular flexibility index (Phi) is 4.60. The molecule has 0 radical (unpaired) electrons. The predicted octanol–water partition coefficient (Wildman–Crippen LogP) is 2.21. The van der Waals surface area contributed by atoms with E-state index in [1.807, 2.05) is 45.2 Å². The van der Waals surface area contributed by atoms with Crippen LogP contribution in [0.1, 0.15) is 18.3 Å². The molecule has 3 heterocycles. The van der Waals surface area contributed by atoms with Crippen LogP contribution < -0.4 is 14.5 Å². The van der Waals surface area contributed by atoms with E-state index in [1.54, 1.807) is 0 Å². The highest BCUT2D eigenvalue weighted by molar-refractivity contribution is 5.53. The third kappa shape index (κ3) is 3.52. The van der Waals surface area contributed by atoms with Crippen molar-refractivity contribution in [2.24, 2.45) is 0 Å². The van der Waals surface area contributed by atoms with E-state index in [0.29, 0.717) is 6.61 Å². The number of hydrogen-bond donors (Lipinski definition) is 0.